The van der Waals surface area contributed by atoms with Gasteiger partial charge < -0.3 is 15.2 Å². The van der Waals surface area contributed by atoms with Crippen molar-refractivity contribution < 1.29 is 19.5 Å². The van der Waals surface area contributed by atoms with Crippen molar-refractivity contribution in [2.24, 2.45) is 0 Å². The quantitative estimate of drug-likeness (QED) is 0.221. The van der Waals surface area contributed by atoms with Crippen molar-refractivity contribution in [2.45, 2.75) is 135 Å². The highest BCUT2D eigenvalue weighted by atomic mass is 16.4. The first kappa shape index (κ1) is 27.6. The molecule has 0 aromatic heterocycles. The second kappa shape index (κ2) is 19.9. The molecule has 0 aliphatic carbocycles. The summed E-state index contributed by atoms with van der Waals surface area (Å²) in [5.41, 5.74) is 0. The van der Waals surface area contributed by atoms with E-state index in [0.717, 1.165) is 19.3 Å². The molecule has 0 bridgehead atoms. The minimum atomic E-state index is -1.07. The maximum Gasteiger partial charge on any atom is 0.326 e. The van der Waals surface area contributed by atoms with Gasteiger partial charge in [0.1, 0.15) is 11.8 Å². The third-order valence-corrected chi connectivity index (χ3v) is 5.43. The van der Waals surface area contributed by atoms with Gasteiger partial charge in [0, 0.05) is 12.8 Å². The topological polar surface area (TPSA) is 83.5 Å². The highest BCUT2D eigenvalue weighted by Crippen LogP contribution is 2.13. The highest BCUT2D eigenvalue weighted by molar-refractivity contribution is 5.84. The Hall–Kier alpha value is -1.39. The van der Waals surface area contributed by atoms with Crippen LogP contribution in [0.25, 0.3) is 0 Å². The second-order valence-electron chi connectivity index (χ2n) is 8.40. The number of carboxylic acid groups (broad SMARTS) is 1. The Morgan fingerprint density at radius 3 is 1.48 bits per heavy atom. The fourth-order valence-corrected chi connectivity index (χ4v) is 3.53. The van der Waals surface area contributed by atoms with Gasteiger partial charge in [0.2, 0.25) is 5.91 Å². The smallest absolute Gasteiger partial charge is 0.326 e. The molecule has 5 nitrogen and oxygen atoms in total. The molecule has 1 atom stereocenters. The molecule has 0 aromatic rings. The lowest BCUT2D eigenvalue weighted by atomic mass is 10.0. The van der Waals surface area contributed by atoms with E-state index in [1.54, 1.807) is 0 Å². The SMILES string of the molecule is CCCCCCCCCCCCCCCCCC(=O)NC(CCC(C)=O)C(=O)O. The van der Waals surface area contributed by atoms with Crippen LogP contribution in [0.2, 0.25) is 0 Å². The Balaban J connectivity index is 3.45. The lowest BCUT2D eigenvalue weighted by Crippen LogP contribution is -2.40. The molecule has 5 heteroatoms. The monoisotopic (exact) mass is 411 g/mol. The van der Waals surface area contributed by atoms with Crippen molar-refractivity contribution in [1.82, 2.24) is 5.32 Å². The zero-order valence-corrected chi connectivity index (χ0v) is 19.0. The third kappa shape index (κ3) is 19.7. The molecular weight excluding hydrogens is 366 g/mol. The van der Waals surface area contributed by atoms with Crippen LogP contribution in [0, 0.1) is 0 Å². The van der Waals surface area contributed by atoms with Gasteiger partial charge in [-0.05, 0) is 19.8 Å². The first-order valence-electron chi connectivity index (χ1n) is 12.0. The number of amides is 1. The van der Waals surface area contributed by atoms with E-state index in [9.17, 15) is 14.4 Å². The summed E-state index contributed by atoms with van der Waals surface area (Å²) in [5, 5.41) is 11.6. The zero-order valence-electron chi connectivity index (χ0n) is 19.0. The Morgan fingerprint density at radius 2 is 1.10 bits per heavy atom. The number of ketones is 1. The molecule has 0 saturated heterocycles. The molecule has 0 spiro atoms. The molecule has 0 rings (SSSR count). The van der Waals surface area contributed by atoms with Crippen LogP contribution >= 0.6 is 0 Å². The van der Waals surface area contributed by atoms with E-state index in [1.165, 1.54) is 84.0 Å². The van der Waals surface area contributed by atoms with Crippen LogP contribution in [0.1, 0.15) is 129 Å². The summed E-state index contributed by atoms with van der Waals surface area (Å²) in [6, 6.07) is -0.956. The van der Waals surface area contributed by atoms with Gasteiger partial charge in [-0.25, -0.2) is 4.79 Å². The second-order valence-corrected chi connectivity index (χ2v) is 8.40. The van der Waals surface area contributed by atoms with Crippen LogP contribution in [-0.2, 0) is 14.4 Å². The van der Waals surface area contributed by atoms with Crippen molar-refractivity contribution in [1.29, 1.82) is 0 Å². The average molecular weight is 412 g/mol. The van der Waals surface area contributed by atoms with E-state index >= 15 is 0 Å². The largest absolute Gasteiger partial charge is 0.480 e. The molecule has 29 heavy (non-hydrogen) atoms. The first-order valence-corrected chi connectivity index (χ1v) is 12.0. The number of Topliss-reactive ketones (excluding diaryl/α,β-unsaturated/α-hetero) is 1. The molecule has 0 aliphatic heterocycles. The van der Waals surface area contributed by atoms with E-state index in [0.29, 0.717) is 6.42 Å². The standard InChI is InChI=1S/C24H45NO4/c1-3-4-5-6-7-8-9-10-11-12-13-14-15-16-17-18-23(27)25-22(24(28)29)20-19-21(2)26/h22H,3-20H2,1-2H3,(H,25,27)(H,28,29). The van der Waals surface area contributed by atoms with Crippen LogP contribution < -0.4 is 5.32 Å². The average Bonchev–Trinajstić information content (AvgIpc) is 2.67. The van der Waals surface area contributed by atoms with Gasteiger partial charge in [-0.1, -0.05) is 96.8 Å². The molecule has 170 valence electrons. The Morgan fingerprint density at radius 1 is 0.690 bits per heavy atom. The van der Waals surface area contributed by atoms with E-state index in [1.807, 2.05) is 0 Å². The maximum atomic E-state index is 11.9. The van der Waals surface area contributed by atoms with Gasteiger partial charge in [-0.2, -0.15) is 0 Å². The molecule has 1 amide bonds. The third-order valence-electron chi connectivity index (χ3n) is 5.43. The fraction of sp³-hybridized carbons (Fsp3) is 0.875. The van der Waals surface area contributed by atoms with E-state index < -0.39 is 12.0 Å². The van der Waals surface area contributed by atoms with Crippen molar-refractivity contribution in [3.8, 4) is 0 Å². The van der Waals surface area contributed by atoms with Gasteiger partial charge in [0.25, 0.3) is 0 Å². The molecule has 0 heterocycles. The number of carboxylic acids is 1. The van der Waals surface area contributed by atoms with Crippen molar-refractivity contribution in [3.63, 3.8) is 0 Å². The molecule has 0 aromatic carbocycles. The Bertz CT molecular complexity index is 437. The Labute approximate surface area is 178 Å². The summed E-state index contributed by atoms with van der Waals surface area (Å²) < 4.78 is 0. The van der Waals surface area contributed by atoms with Gasteiger partial charge in [0.15, 0.2) is 0 Å². The number of nitrogens with one attached hydrogen (secondary N) is 1. The molecule has 0 radical (unpaired) electrons. The zero-order chi connectivity index (χ0) is 21.7. The van der Waals surface area contributed by atoms with Crippen LogP contribution in [0.5, 0.6) is 0 Å². The summed E-state index contributed by atoms with van der Waals surface area (Å²) in [6.45, 7) is 3.68. The van der Waals surface area contributed by atoms with Crippen LogP contribution in [0.3, 0.4) is 0 Å². The van der Waals surface area contributed by atoms with Crippen LogP contribution in [0.4, 0.5) is 0 Å². The molecule has 0 saturated carbocycles. The number of rotatable bonds is 21. The predicted molar refractivity (Wildman–Crippen MR) is 119 cm³/mol. The van der Waals surface area contributed by atoms with Gasteiger partial charge in [0.05, 0.1) is 0 Å². The number of unbranched alkanes of at least 4 members (excludes halogenated alkanes) is 14. The molecular formula is C24H45NO4. The number of carbonyl (C=O) groups excluding carboxylic acids is 2. The number of aliphatic carboxylic acids is 1. The molecule has 2 N–H and O–H groups in total. The number of hydrogen-bond acceptors (Lipinski definition) is 3. The fourth-order valence-electron chi connectivity index (χ4n) is 3.53. The number of hydrogen-bond donors (Lipinski definition) is 2. The van der Waals surface area contributed by atoms with Crippen molar-refractivity contribution in [2.75, 3.05) is 0 Å². The van der Waals surface area contributed by atoms with E-state index in [4.69, 9.17) is 5.11 Å². The molecule has 0 fully saturated rings. The van der Waals surface area contributed by atoms with Gasteiger partial charge >= 0.3 is 5.97 Å². The van der Waals surface area contributed by atoms with E-state index in [2.05, 4.69) is 12.2 Å². The highest BCUT2D eigenvalue weighted by Gasteiger charge is 2.19. The summed E-state index contributed by atoms with van der Waals surface area (Å²) >= 11 is 0. The lowest BCUT2D eigenvalue weighted by Gasteiger charge is -2.13. The summed E-state index contributed by atoms with van der Waals surface area (Å²) in [7, 11) is 0. The number of carbonyl (C=O) groups is 3. The minimum Gasteiger partial charge on any atom is -0.480 e. The molecule has 1 unspecified atom stereocenters. The van der Waals surface area contributed by atoms with Gasteiger partial charge in [-0.3, -0.25) is 4.79 Å². The van der Waals surface area contributed by atoms with Crippen molar-refractivity contribution >= 4 is 17.7 Å². The summed E-state index contributed by atoms with van der Waals surface area (Å²) in [5.74, 6) is -1.36. The summed E-state index contributed by atoms with van der Waals surface area (Å²) in [4.78, 5) is 34.0. The maximum absolute atomic E-state index is 11.9. The minimum absolute atomic E-state index is 0.0621. The van der Waals surface area contributed by atoms with Crippen LogP contribution in [-0.4, -0.2) is 28.8 Å². The van der Waals surface area contributed by atoms with Crippen LogP contribution in [0.15, 0.2) is 0 Å². The first-order chi connectivity index (χ1) is 14.0. The predicted octanol–water partition coefficient (Wildman–Crippen LogP) is 6.19. The Kier molecular flexibility index (Phi) is 19.0. The van der Waals surface area contributed by atoms with Crippen molar-refractivity contribution in [3.05, 3.63) is 0 Å². The summed E-state index contributed by atoms with van der Waals surface area (Å²) in [6.07, 6.45) is 19.8. The lowest BCUT2D eigenvalue weighted by molar-refractivity contribution is -0.142. The van der Waals surface area contributed by atoms with E-state index in [-0.39, 0.29) is 24.5 Å². The molecule has 0 aliphatic rings. The normalized spacial score (nSPS) is 11.9. The van der Waals surface area contributed by atoms with Gasteiger partial charge in [-0.15, -0.1) is 0 Å².